The topological polar surface area (TPSA) is 72.0 Å². The SMILES string of the molecule is CC(C)(C)OC(=O)N1CCCC1.CN(C(=O)OC(C)(C)C)c1ncc(Br)s1. The normalized spacial score (nSPS) is 14.3. The maximum absolute atomic E-state index is 11.6. The molecule has 0 saturated carbocycles. The highest BCUT2D eigenvalue weighted by atomic mass is 79.9. The third-order valence-corrected chi connectivity index (χ3v) is 4.73. The Balaban J connectivity index is 0.000000277. The first-order valence-corrected chi connectivity index (χ1v) is 10.5. The third-order valence-electron chi connectivity index (χ3n) is 3.18. The minimum atomic E-state index is -0.486. The first kappa shape index (κ1) is 23.7. The number of thiazole rings is 1. The lowest BCUT2D eigenvalue weighted by atomic mass is 10.2. The van der Waals surface area contributed by atoms with Gasteiger partial charge in [0.2, 0.25) is 0 Å². The predicted molar refractivity (Wildman–Crippen MR) is 111 cm³/mol. The van der Waals surface area contributed by atoms with Crippen LogP contribution in [0.1, 0.15) is 54.4 Å². The van der Waals surface area contributed by atoms with Crippen molar-refractivity contribution in [3.8, 4) is 0 Å². The lowest BCUT2D eigenvalue weighted by Gasteiger charge is -2.23. The molecule has 7 nitrogen and oxygen atoms in total. The fourth-order valence-corrected chi connectivity index (χ4v) is 3.17. The number of ether oxygens (including phenoxy) is 2. The fraction of sp³-hybridized carbons (Fsp3) is 0.722. The summed E-state index contributed by atoms with van der Waals surface area (Å²) in [5, 5.41) is 0.608. The van der Waals surface area contributed by atoms with Crippen LogP contribution in [0.25, 0.3) is 0 Å². The molecule has 154 valence electrons. The Labute approximate surface area is 174 Å². The van der Waals surface area contributed by atoms with Gasteiger partial charge in [-0.15, -0.1) is 0 Å². The predicted octanol–water partition coefficient (Wildman–Crippen LogP) is 5.29. The number of hydrogen-bond donors (Lipinski definition) is 0. The van der Waals surface area contributed by atoms with Gasteiger partial charge in [-0.05, 0) is 70.3 Å². The first-order chi connectivity index (χ1) is 12.3. The molecule has 1 aliphatic heterocycles. The molecule has 2 rings (SSSR count). The Morgan fingerprint density at radius 3 is 2.04 bits per heavy atom. The highest BCUT2D eigenvalue weighted by molar-refractivity contribution is 9.11. The second kappa shape index (κ2) is 9.73. The molecular formula is C18H30BrN3O4S. The third kappa shape index (κ3) is 9.41. The molecule has 0 N–H and O–H groups in total. The van der Waals surface area contributed by atoms with Gasteiger partial charge < -0.3 is 14.4 Å². The second-order valence-electron chi connectivity index (χ2n) is 8.16. The van der Waals surface area contributed by atoms with Crippen molar-refractivity contribution in [3.05, 3.63) is 9.98 Å². The van der Waals surface area contributed by atoms with Crippen molar-refractivity contribution in [2.24, 2.45) is 0 Å². The molecule has 1 fully saturated rings. The molecule has 9 heteroatoms. The average Bonchev–Trinajstić information content (AvgIpc) is 3.14. The van der Waals surface area contributed by atoms with Gasteiger partial charge in [0.15, 0.2) is 5.13 Å². The number of nitrogens with zero attached hydrogens (tertiary/aromatic N) is 3. The average molecular weight is 464 g/mol. The Morgan fingerprint density at radius 2 is 1.63 bits per heavy atom. The molecule has 0 aromatic carbocycles. The summed E-state index contributed by atoms with van der Waals surface area (Å²) in [6.07, 6.45) is 3.31. The van der Waals surface area contributed by atoms with E-state index in [-0.39, 0.29) is 11.7 Å². The van der Waals surface area contributed by atoms with Crippen LogP contribution in [0.15, 0.2) is 9.98 Å². The summed E-state index contributed by atoms with van der Waals surface area (Å²) >= 11 is 4.67. The van der Waals surface area contributed by atoms with Gasteiger partial charge in [-0.1, -0.05) is 11.3 Å². The number of carbonyl (C=O) groups is 2. The van der Waals surface area contributed by atoms with E-state index in [1.807, 2.05) is 41.5 Å². The summed E-state index contributed by atoms with van der Waals surface area (Å²) in [5.41, 5.74) is -0.848. The van der Waals surface area contributed by atoms with E-state index in [0.29, 0.717) is 5.13 Å². The van der Waals surface area contributed by atoms with Gasteiger partial charge in [0, 0.05) is 20.1 Å². The van der Waals surface area contributed by atoms with E-state index in [9.17, 15) is 9.59 Å². The minimum absolute atomic E-state index is 0.167. The zero-order valence-electron chi connectivity index (χ0n) is 17.2. The second-order valence-corrected chi connectivity index (χ2v) is 10.5. The van der Waals surface area contributed by atoms with Crippen molar-refractivity contribution in [2.45, 2.75) is 65.6 Å². The number of aromatic nitrogens is 1. The summed E-state index contributed by atoms with van der Waals surface area (Å²) in [6, 6.07) is 0. The number of carbonyl (C=O) groups excluding carboxylic acids is 2. The maximum atomic E-state index is 11.6. The number of anilines is 1. The van der Waals surface area contributed by atoms with E-state index in [1.165, 1.54) is 16.2 Å². The first-order valence-electron chi connectivity index (χ1n) is 8.84. The molecule has 0 atom stereocenters. The quantitative estimate of drug-likeness (QED) is 0.565. The van der Waals surface area contributed by atoms with Gasteiger partial charge in [-0.25, -0.2) is 14.6 Å². The number of rotatable bonds is 1. The van der Waals surface area contributed by atoms with Crippen LogP contribution < -0.4 is 4.90 Å². The van der Waals surface area contributed by atoms with Crippen molar-refractivity contribution >= 4 is 44.6 Å². The molecule has 1 saturated heterocycles. The number of hydrogen-bond acceptors (Lipinski definition) is 6. The van der Waals surface area contributed by atoms with E-state index in [2.05, 4.69) is 20.9 Å². The molecule has 0 unspecified atom stereocenters. The van der Waals surface area contributed by atoms with Crippen molar-refractivity contribution in [2.75, 3.05) is 25.0 Å². The number of likely N-dealkylation sites (tertiary alicyclic amines) is 1. The molecular weight excluding hydrogens is 434 g/mol. The zero-order chi connectivity index (χ0) is 20.8. The van der Waals surface area contributed by atoms with E-state index >= 15 is 0 Å². The van der Waals surface area contributed by atoms with E-state index in [4.69, 9.17) is 9.47 Å². The van der Waals surface area contributed by atoms with Crippen LogP contribution in [-0.2, 0) is 9.47 Å². The van der Waals surface area contributed by atoms with Crippen LogP contribution >= 0.6 is 27.3 Å². The minimum Gasteiger partial charge on any atom is -0.444 e. The summed E-state index contributed by atoms with van der Waals surface area (Å²) in [7, 11) is 1.64. The molecule has 27 heavy (non-hydrogen) atoms. The van der Waals surface area contributed by atoms with Crippen molar-refractivity contribution in [3.63, 3.8) is 0 Å². The molecule has 0 aliphatic carbocycles. The fourth-order valence-electron chi connectivity index (χ4n) is 2.04. The molecule has 2 heterocycles. The molecule has 1 aliphatic rings. The zero-order valence-corrected chi connectivity index (χ0v) is 19.6. The summed E-state index contributed by atoms with van der Waals surface area (Å²) in [5.74, 6) is 0. The Morgan fingerprint density at radius 1 is 1.11 bits per heavy atom. The maximum Gasteiger partial charge on any atom is 0.416 e. The van der Waals surface area contributed by atoms with E-state index in [1.54, 1.807) is 18.1 Å². The van der Waals surface area contributed by atoms with Crippen LogP contribution in [-0.4, -0.2) is 53.4 Å². The van der Waals surface area contributed by atoms with Gasteiger partial charge in [0.05, 0.1) is 9.98 Å². The highest BCUT2D eigenvalue weighted by Crippen LogP contribution is 2.26. The van der Waals surface area contributed by atoms with Crippen molar-refractivity contribution in [1.82, 2.24) is 9.88 Å². The van der Waals surface area contributed by atoms with Crippen LogP contribution in [0.3, 0.4) is 0 Å². The molecule has 1 aromatic heterocycles. The Bertz CT molecular complexity index is 631. The standard InChI is InChI=1S/C9H13BrN2O2S.C9H17NO2/c1-9(2,3)14-8(13)12(4)7-11-5-6(10)15-7;1-9(2,3)12-8(11)10-6-4-5-7-10/h5H,1-4H3;4-7H2,1-3H3. The van der Waals surface area contributed by atoms with Gasteiger partial charge in [0.25, 0.3) is 0 Å². The van der Waals surface area contributed by atoms with Gasteiger partial charge in [-0.2, -0.15) is 0 Å². The van der Waals surface area contributed by atoms with E-state index in [0.717, 1.165) is 29.7 Å². The van der Waals surface area contributed by atoms with Gasteiger partial charge in [-0.3, -0.25) is 4.90 Å². The van der Waals surface area contributed by atoms with Crippen molar-refractivity contribution in [1.29, 1.82) is 0 Å². The highest BCUT2D eigenvalue weighted by Gasteiger charge is 2.24. The lowest BCUT2D eigenvalue weighted by Crippen LogP contribution is -2.34. The van der Waals surface area contributed by atoms with Crippen LogP contribution in [0.4, 0.5) is 14.7 Å². The summed E-state index contributed by atoms with van der Waals surface area (Å²) < 4.78 is 11.3. The molecule has 2 amide bonds. The summed E-state index contributed by atoms with van der Waals surface area (Å²) in [4.78, 5) is 30.2. The number of halogens is 1. The van der Waals surface area contributed by atoms with Gasteiger partial charge >= 0.3 is 12.2 Å². The molecule has 0 radical (unpaired) electrons. The monoisotopic (exact) mass is 463 g/mol. The number of amides is 2. The molecule has 0 bridgehead atoms. The molecule has 1 aromatic rings. The van der Waals surface area contributed by atoms with Crippen LogP contribution in [0, 0.1) is 0 Å². The van der Waals surface area contributed by atoms with Crippen LogP contribution in [0.5, 0.6) is 0 Å². The lowest BCUT2D eigenvalue weighted by molar-refractivity contribution is 0.0294. The van der Waals surface area contributed by atoms with Crippen LogP contribution in [0.2, 0.25) is 0 Å². The summed E-state index contributed by atoms with van der Waals surface area (Å²) in [6.45, 7) is 12.9. The van der Waals surface area contributed by atoms with Gasteiger partial charge in [0.1, 0.15) is 11.2 Å². The van der Waals surface area contributed by atoms with E-state index < -0.39 is 11.7 Å². The largest absolute Gasteiger partial charge is 0.444 e. The molecule has 0 spiro atoms. The van der Waals surface area contributed by atoms with Crippen molar-refractivity contribution < 1.29 is 19.1 Å². The Hall–Kier alpha value is -1.35. The smallest absolute Gasteiger partial charge is 0.416 e. The Kier molecular flexibility index (Phi) is 8.53.